The van der Waals surface area contributed by atoms with Crippen molar-refractivity contribution < 1.29 is 5.11 Å². The molecule has 1 aliphatic heterocycles. The van der Waals surface area contributed by atoms with E-state index < -0.39 is 0 Å². The van der Waals surface area contributed by atoms with Crippen LogP contribution < -0.4 is 5.32 Å². The van der Waals surface area contributed by atoms with E-state index in [1.54, 1.807) is 0 Å². The van der Waals surface area contributed by atoms with Gasteiger partial charge in [-0.15, -0.1) is 0 Å². The van der Waals surface area contributed by atoms with Crippen LogP contribution in [-0.4, -0.2) is 48.3 Å². The van der Waals surface area contributed by atoms with Crippen LogP contribution in [0.2, 0.25) is 0 Å². The van der Waals surface area contributed by atoms with Gasteiger partial charge in [0.2, 0.25) is 0 Å². The Balaban J connectivity index is 2.31. The van der Waals surface area contributed by atoms with E-state index in [0.717, 1.165) is 25.4 Å². The van der Waals surface area contributed by atoms with Gasteiger partial charge in [0.05, 0.1) is 6.10 Å². The molecule has 0 aromatic rings. The van der Waals surface area contributed by atoms with Crippen molar-refractivity contribution in [2.75, 3.05) is 26.2 Å². The first-order valence-electron chi connectivity index (χ1n) is 6.72. The van der Waals surface area contributed by atoms with Crippen LogP contribution in [0.4, 0.5) is 0 Å². The summed E-state index contributed by atoms with van der Waals surface area (Å²) < 4.78 is 0. The summed E-state index contributed by atoms with van der Waals surface area (Å²) in [4.78, 5) is 2.50. The maximum absolute atomic E-state index is 9.35. The first-order chi connectivity index (χ1) is 7.59. The number of aliphatic hydroxyl groups excluding tert-OH is 1. The molecule has 0 spiro atoms. The summed E-state index contributed by atoms with van der Waals surface area (Å²) >= 11 is 0. The van der Waals surface area contributed by atoms with Gasteiger partial charge in [-0.2, -0.15) is 0 Å². The first kappa shape index (κ1) is 13.9. The molecule has 0 aromatic carbocycles. The number of hydrogen-bond acceptors (Lipinski definition) is 3. The van der Waals surface area contributed by atoms with Gasteiger partial charge in [-0.3, -0.25) is 0 Å². The molecule has 1 heterocycles. The van der Waals surface area contributed by atoms with Crippen LogP contribution in [0.25, 0.3) is 0 Å². The van der Waals surface area contributed by atoms with E-state index in [9.17, 15) is 5.11 Å². The summed E-state index contributed by atoms with van der Waals surface area (Å²) in [5.41, 5.74) is 0. The molecule has 0 aromatic heterocycles. The molecule has 3 heteroatoms. The van der Waals surface area contributed by atoms with Gasteiger partial charge in [0.25, 0.3) is 0 Å². The third-order valence-corrected chi connectivity index (χ3v) is 3.46. The van der Waals surface area contributed by atoms with Gasteiger partial charge in [0.1, 0.15) is 0 Å². The minimum Gasteiger partial charge on any atom is -0.393 e. The Kier molecular flexibility index (Phi) is 6.32. The van der Waals surface area contributed by atoms with Crippen molar-refractivity contribution in [1.29, 1.82) is 0 Å². The van der Waals surface area contributed by atoms with Gasteiger partial charge < -0.3 is 15.3 Å². The topological polar surface area (TPSA) is 35.5 Å². The summed E-state index contributed by atoms with van der Waals surface area (Å²) in [6, 6.07) is 0.584. The van der Waals surface area contributed by atoms with E-state index >= 15 is 0 Å². The van der Waals surface area contributed by atoms with Crippen molar-refractivity contribution in [3.8, 4) is 0 Å². The largest absolute Gasteiger partial charge is 0.393 e. The predicted octanol–water partition coefficient (Wildman–Crippen LogP) is 1.47. The van der Waals surface area contributed by atoms with Gasteiger partial charge in [-0.25, -0.2) is 0 Å². The third-order valence-electron chi connectivity index (χ3n) is 3.46. The fourth-order valence-electron chi connectivity index (χ4n) is 2.32. The zero-order valence-corrected chi connectivity index (χ0v) is 11.1. The van der Waals surface area contributed by atoms with E-state index in [1.165, 1.54) is 25.9 Å². The highest BCUT2D eigenvalue weighted by molar-refractivity contribution is 4.75. The van der Waals surface area contributed by atoms with E-state index in [0.29, 0.717) is 6.04 Å². The second-order valence-electron chi connectivity index (χ2n) is 5.44. The highest BCUT2D eigenvalue weighted by Crippen LogP contribution is 2.14. The van der Waals surface area contributed by atoms with Crippen molar-refractivity contribution in [3.05, 3.63) is 0 Å². The lowest BCUT2D eigenvalue weighted by atomic mass is 9.98. The molecule has 1 fully saturated rings. The summed E-state index contributed by atoms with van der Waals surface area (Å²) in [6.07, 6.45) is 3.38. The molecule has 96 valence electrons. The van der Waals surface area contributed by atoms with Gasteiger partial charge in [0.15, 0.2) is 0 Å². The lowest BCUT2D eigenvalue weighted by molar-refractivity contribution is 0.125. The Bertz CT molecular complexity index is 177. The minimum absolute atomic E-state index is 0.175. The van der Waals surface area contributed by atoms with Crippen LogP contribution in [0, 0.1) is 5.92 Å². The molecule has 1 aliphatic rings. The zero-order chi connectivity index (χ0) is 12.0. The van der Waals surface area contributed by atoms with Gasteiger partial charge in [0, 0.05) is 19.1 Å². The summed E-state index contributed by atoms with van der Waals surface area (Å²) in [5, 5.41) is 12.8. The summed E-state index contributed by atoms with van der Waals surface area (Å²) in [5.74, 6) is 0.796. The Labute approximate surface area is 100 Å². The van der Waals surface area contributed by atoms with Gasteiger partial charge >= 0.3 is 0 Å². The molecule has 1 saturated heterocycles. The van der Waals surface area contributed by atoms with E-state index in [-0.39, 0.29) is 6.10 Å². The average Bonchev–Trinajstić information content (AvgIpc) is 2.25. The second kappa shape index (κ2) is 7.25. The number of hydrogen-bond donors (Lipinski definition) is 2. The molecule has 0 bridgehead atoms. The van der Waals surface area contributed by atoms with Crippen LogP contribution >= 0.6 is 0 Å². The van der Waals surface area contributed by atoms with Crippen molar-refractivity contribution in [3.63, 3.8) is 0 Å². The van der Waals surface area contributed by atoms with Crippen LogP contribution in [-0.2, 0) is 0 Å². The Morgan fingerprint density at radius 1 is 1.38 bits per heavy atom. The normalized spacial score (nSPS) is 24.0. The molecule has 2 N–H and O–H groups in total. The van der Waals surface area contributed by atoms with Crippen molar-refractivity contribution >= 4 is 0 Å². The Morgan fingerprint density at radius 2 is 2.12 bits per heavy atom. The highest BCUT2D eigenvalue weighted by Gasteiger charge is 2.18. The first-order valence-corrected chi connectivity index (χ1v) is 6.72. The lowest BCUT2D eigenvalue weighted by Gasteiger charge is -2.33. The molecule has 0 aliphatic carbocycles. The summed E-state index contributed by atoms with van der Waals surface area (Å²) in [6.45, 7) is 10.9. The molecule has 2 unspecified atom stereocenters. The van der Waals surface area contributed by atoms with Crippen LogP contribution in [0.3, 0.4) is 0 Å². The maximum atomic E-state index is 9.35. The molecular formula is C13H28N2O. The monoisotopic (exact) mass is 228 g/mol. The van der Waals surface area contributed by atoms with Crippen LogP contribution in [0.1, 0.15) is 40.0 Å². The molecule has 0 saturated carbocycles. The third kappa shape index (κ3) is 5.28. The van der Waals surface area contributed by atoms with Gasteiger partial charge in [-0.05, 0) is 59.0 Å². The molecular weight excluding hydrogens is 200 g/mol. The quantitative estimate of drug-likeness (QED) is 0.722. The standard InChI is InChI=1S/C13H28N2O/c1-11(2)15(8-6-12(3)16)10-13-5-4-7-14-9-13/h11-14,16H,4-10H2,1-3H3. The fourth-order valence-corrected chi connectivity index (χ4v) is 2.32. The smallest absolute Gasteiger partial charge is 0.0524 e. The van der Waals surface area contributed by atoms with Crippen LogP contribution in [0.15, 0.2) is 0 Å². The lowest BCUT2D eigenvalue weighted by Crippen LogP contribution is -2.42. The van der Waals surface area contributed by atoms with E-state index in [1.807, 2.05) is 6.92 Å². The SMILES string of the molecule is CC(O)CCN(CC1CCCNC1)C(C)C. The molecule has 3 nitrogen and oxygen atoms in total. The van der Waals surface area contributed by atoms with E-state index in [4.69, 9.17) is 0 Å². The highest BCUT2D eigenvalue weighted by atomic mass is 16.3. The molecule has 0 amide bonds. The van der Waals surface area contributed by atoms with Crippen LogP contribution in [0.5, 0.6) is 0 Å². The van der Waals surface area contributed by atoms with E-state index in [2.05, 4.69) is 24.1 Å². The number of nitrogens with zero attached hydrogens (tertiary/aromatic N) is 1. The second-order valence-corrected chi connectivity index (χ2v) is 5.44. The van der Waals surface area contributed by atoms with Crippen molar-refractivity contribution in [2.24, 2.45) is 5.92 Å². The molecule has 1 rings (SSSR count). The number of nitrogens with one attached hydrogen (secondary N) is 1. The number of rotatable bonds is 6. The maximum Gasteiger partial charge on any atom is 0.0524 e. The Hall–Kier alpha value is -0.120. The molecule has 2 atom stereocenters. The van der Waals surface area contributed by atoms with Crippen molar-refractivity contribution in [2.45, 2.75) is 52.2 Å². The molecule has 0 radical (unpaired) electrons. The van der Waals surface area contributed by atoms with Gasteiger partial charge in [-0.1, -0.05) is 0 Å². The fraction of sp³-hybridized carbons (Fsp3) is 1.00. The predicted molar refractivity (Wildman–Crippen MR) is 68.6 cm³/mol. The zero-order valence-electron chi connectivity index (χ0n) is 11.1. The minimum atomic E-state index is -0.175. The number of aliphatic hydroxyl groups is 1. The average molecular weight is 228 g/mol. The Morgan fingerprint density at radius 3 is 2.62 bits per heavy atom. The number of piperidine rings is 1. The van der Waals surface area contributed by atoms with Crippen molar-refractivity contribution in [1.82, 2.24) is 10.2 Å². The summed E-state index contributed by atoms with van der Waals surface area (Å²) in [7, 11) is 0. The molecule has 16 heavy (non-hydrogen) atoms.